The normalized spacial score (nSPS) is 19.5. The van der Waals surface area contributed by atoms with Gasteiger partial charge < -0.3 is 10.1 Å². The molecule has 0 bridgehead atoms. The number of carbonyl (C=O) groups excluding carboxylic acids is 2. The summed E-state index contributed by atoms with van der Waals surface area (Å²) in [6, 6.07) is 5.88. The Morgan fingerprint density at radius 1 is 1.28 bits per heavy atom. The molecule has 0 unspecified atom stereocenters. The molecule has 1 spiro atoms. The molecule has 134 valence electrons. The summed E-state index contributed by atoms with van der Waals surface area (Å²) in [4.78, 5) is 30.8. The molecule has 1 N–H and O–H groups in total. The molecule has 1 heterocycles. The number of benzene rings is 1. The maximum Gasteiger partial charge on any atom is 0.412 e. The van der Waals surface area contributed by atoms with Gasteiger partial charge in [-0.05, 0) is 50.7 Å². The van der Waals surface area contributed by atoms with Crippen LogP contribution in [-0.2, 0) is 14.4 Å². The summed E-state index contributed by atoms with van der Waals surface area (Å²) in [6.07, 6.45) is 2.76. The second-order valence-corrected chi connectivity index (χ2v) is 6.76. The molecule has 0 aromatic heterocycles. The quantitative estimate of drug-likeness (QED) is 0.895. The third-order valence-electron chi connectivity index (χ3n) is 4.91. The molecule has 2 aliphatic rings. The summed E-state index contributed by atoms with van der Waals surface area (Å²) in [6.45, 7) is 3.96. The number of nitrogens with one attached hydrogen (secondary N) is 1. The van der Waals surface area contributed by atoms with Crippen LogP contribution in [0, 0.1) is 13.8 Å². The molecule has 2 amide bonds. The van der Waals surface area contributed by atoms with Crippen molar-refractivity contribution < 1.29 is 19.2 Å². The first-order valence-electron chi connectivity index (χ1n) is 8.57. The first-order valence-corrected chi connectivity index (χ1v) is 8.57. The number of hydrogen-bond donors (Lipinski definition) is 1. The van der Waals surface area contributed by atoms with Gasteiger partial charge in [0.25, 0.3) is 5.91 Å². The van der Waals surface area contributed by atoms with Gasteiger partial charge in [-0.15, -0.1) is 0 Å². The number of carbonyl (C=O) groups is 2. The first kappa shape index (κ1) is 17.5. The monoisotopic (exact) mass is 344 g/mol. The van der Waals surface area contributed by atoms with Gasteiger partial charge in [0.1, 0.15) is 0 Å². The molecule has 1 aromatic rings. The van der Waals surface area contributed by atoms with Crippen LogP contribution in [0.2, 0.25) is 0 Å². The maximum atomic E-state index is 12.9. The summed E-state index contributed by atoms with van der Waals surface area (Å²) >= 11 is 0. The Labute approximate surface area is 147 Å². The average Bonchev–Trinajstić information content (AvgIpc) is 3.03. The molecule has 1 aromatic carbocycles. The Morgan fingerprint density at radius 3 is 2.56 bits per heavy atom. The van der Waals surface area contributed by atoms with E-state index < -0.39 is 11.7 Å². The zero-order valence-corrected chi connectivity index (χ0v) is 15.1. The summed E-state index contributed by atoms with van der Waals surface area (Å²) in [7, 11) is 3.11. The van der Waals surface area contributed by atoms with Gasteiger partial charge in [0.2, 0.25) is 0 Å². The van der Waals surface area contributed by atoms with Gasteiger partial charge in [0.05, 0.1) is 5.57 Å². The number of nitrogens with zero attached hydrogens (tertiary/aromatic N) is 1. The molecule has 0 atom stereocenters. The topological polar surface area (TPSA) is 67.9 Å². The SMILES string of the molecule is CNC(=O)OC1=C(c2ccc(C)cc2C)C(=O)N(C)OC12CCCC2. The van der Waals surface area contributed by atoms with Crippen molar-refractivity contribution >= 4 is 17.6 Å². The molecule has 6 nitrogen and oxygen atoms in total. The van der Waals surface area contributed by atoms with Gasteiger partial charge in [-0.2, -0.15) is 0 Å². The highest BCUT2D eigenvalue weighted by Gasteiger charge is 2.50. The summed E-state index contributed by atoms with van der Waals surface area (Å²) in [5, 5.41) is 3.74. The number of rotatable bonds is 2. The minimum Gasteiger partial charge on any atom is -0.411 e. The fourth-order valence-electron chi connectivity index (χ4n) is 3.71. The average molecular weight is 344 g/mol. The summed E-state index contributed by atoms with van der Waals surface area (Å²) in [5.74, 6) is 0.0304. The molecule has 1 saturated carbocycles. The zero-order chi connectivity index (χ0) is 18.2. The van der Waals surface area contributed by atoms with E-state index in [2.05, 4.69) is 5.32 Å². The summed E-state index contributed by atoms with van der Waals surface area (Å²) in [5.41, 5.74) is 2.50. The second kappa shape index (κ2) is 6.52. The van der Waals surface area contributed by atoms with Gasteiger partial charge in [0.15, 0.2) is 11.4 Å². The number of amides is 2. The van der Waals surface area contributed by atoms with Crippen LogP contribution in [0.25, 0.3) is 5.57 Å². The van der Waals surface area contributed by atoms with Gasteiger partial charge in [0, 0.05) is 14.1 Å². The van der Waals surface area contributed by atoms with E-state index in [1.807, 2.05) is 32.0 Å². The van der Waals surface area contributed by atoms with E-state index in [0.29, 0.717) is 24.2 Å². The fourth-order valence-corrected chi connectivity index (χ4v) is 3.71. The Hall–Kier alpha value is -2.34. The van der Waals surface area contributed by atoms with Crippen LogP contribution >= 0.6 is 0 Å². The number of likely N-dealkylation sites (N-methyl/N-ethyl adjacent to an activating group) is 1. The minimum atomic E-state index is -0.762. The Kier molecular flexibility index (Phi) is 4.56. The van der Waals surface area contributed by atoms with Crippen molar-refractivity contribution in [2.45, 2.75) is 45.1 Å². The highest BCUT2D eigenvalue weighted by atomic mass is 16.7. The van der Waals surface area contributed by atoms with Gasteiger partial charge in [-0.1, -0.05) is 23.8 Å². The van der Waals surface area contributed by atoms with Crippen LogP contribution < -0.4 is 5.32 Å². The van der Waals surface area contributed by atoms with Crippen molar-refractivity contribution in [1.29, 1.82) is 0 Å². The number of aryl methyl sites for hydroxylation is 2. The van der Waals surface area contributed by atoms with Crippen LogP contribution in [0.4, 0.5) is 4.79 Å². The third kappa shape index (κ3) is 3.02. The van der Waals surface area contributed by atoms with E-state index in [-0.39, 0.29) is 5.91 Å². The lowest BCUT2D eigenvalue weighted by molar-refractivity contribution is -0.227. The zero-order valence-electron chi connectivity index (χ0n) is 15.1. The molecule has 1 fully saturated rings. The van der Waals surface area contributed by atoms with Crippen LogP contribution in [0.5, 0.6) is 0 Å². The van der Waals surface area contributed by atoms with Crippen molar-refractivity contribution in [2.75, 3.05) is 14.1 Å². The molecule has 1 aliphatic carbocycles. The van der Waals surface area contributed by atoms with E-state index in [0.717, 1.165) is 29.5 Å². The van der Waals surface area contributed by atoms with E-state index in [1.165, 1.54) is 12.1 Å². The van der Waals surface area contributed by atoms with Crippen LogP contribution in [0.1, 0.15) is 42.4 Å². The largest absolute Gasteiger partial charge is 0.412 e. The molecule has 0 saturated heterocycles. The molecule has 6 heteroatoms. The van der Waals surface area contributed by atoms with Crippen molar-refractivity contribution in [1.82, 2.24) is 10.4 Å². The maximum absolute atomic E-state index is 12.9. The second-order valence-electron chi connectivity index (χ2n) is 6.76. The standard InChI is InChI=1S/C19H24N2O4/c1-12-7-8-14(13(2)11-12)15-16(24-18(23)20-3)19(9-5-6-10-19)25-21(4)17(15)22/h7-8,11H,5-6,9-10H2,1-4H3,(H,20,23). The van der Waals surface area contributed by atoms with E-state index >= 15 is 0 Å². The predicted octanol–water partition coefficient (Wildman–Crippen LogP) is 3.09. The number of alkyl carbamates (subject to hydrolysis) is 1. The fraction of sp³-hybridized carbons (Fsp3) is 0.474. The Balaban J connectivity index is 2.24. The lowest BCUT2D eigenvalue weighted by Crippen LogP contribution is -2.48. The third-order valence-corrected chi connectivity index (χ3v) is 4.91. The van der Waals surface area contributed by atoms with Crippen molar-refractivity contribution in [2.24, 2.45) is 0 Å². The Morgan fingerprint density at radius 2 is 1.96 bits per heavy atom. The number of hydroxylamine groups is 2. The Bertz CT molecular complexity index is 748. The molecular formula is C19H24N2O4. The van der Waals surface area contributed by atoms with Gasteiger partial charge in [-0.25, -0.2) is 9.86 Å². The number of hydrogen-bond acceptors (Lipinski definition) is 4. The first-order chi connectivity index (χ1) is 11.9. The minimum absolute atomic E-state index is 0.302. The number of ether oxygens (including phenoxy) is 1. The molecule has 25 heavy (non-hydrogen) atoms. The molecular weight excluding hydrogens is 320 g/mol. The highest BCUT2D eigenvalue weighted by Crippen LogP contribution is 2.46. The van der Waals surface area contributed by atoms with Crippen LogP contribution in [0.15, 0.2) is 24.0 Å². The van der Waals surface area contributed by atoms with E-state index in [1.54, 1.807) is 7.05 Å². The smallest absolute Gasteiger partial charge is 0.411 e. The summed E-state index contributed by atoms with van der Waals surface area (Å²) < 4.78 is 5.61. The molecule has 3 rings (SSSR count). The van der Waals surface area contributed by atoms with E-state index in [4.69, 9.17) is 9.57 Å². The van der Waals surface area contributed by atoms with Crippen molar-refractivity contribution in [3.63, 3.8) is 0 Å². The van der Waals surface area contributed by atoms with Gasteiger partial charge in [-0.3, -0.25) is 9.63 Å². The highest BCUT2D eigenvalue weighted by molar-refractivity contribution is 6.21. The van der Waals surface area contributed by atoms with Crippen molar-refractivity contribution in [3.05, 3.63) is 40.6 Å². The lowest BCUT2D eigenvalue weighted by Gasteiger charge is -2.40. The van der Waals surface area contributed by atoms with E-state index in [9.17, 15) is 9.59 Å². The molecule has 0 radical (unpaired) electrons. The molecule has 1 aliphatic heterocycles. The predicted molar refractivity (Wildman–Crippen MR) is 93.4 cm³/mol. The van der Waals surface area contributed by atoms with Crippen LogP contribution in [-0.4, -0.2) is 36.8 Å². The van der Waals surface area contributed by atoms with Gasteiger partial charge >= 0.3 is 6.09 Å². The van der Waals surface area contributed by atoms with Crippen molar-refractivity contribution in [3.8, 4) is 0 Å². The lowest BCUT2D eigenvalue weighted by atomic mass is 9.88. The van der Waals surface area contributed by atoms with Crippen LogP contribution in [0.3, 0.4) is 0 Å².